The lowest BCUT2D eigenvalue weighted by Crippen LogP contribution is -2.49. The Labute approximate surface area is 189 Å². The summed E-state index contributed by atoms with van der Waals surface area (Å²) in [6.45, 7) is 6.34. The molecule has 0 N–H and O–H groups in total. The molecular weight excluding hydrogens is 436 g/mol. The van der Waals surface area contributed by atoms with Gasteiger partial charge in [0.1, 0.15) is 0 Å². The number of carbonyl (C=O) groups is 1. The second-order valence-corrected chi connectivity index (χ2v) is 9.94. The number of aryl methyl sites for hydroxylation is 1. The van der Waals surface area contributed by atoms with E-state index in [1.807, 2.05) is 12.1 Å². The average Bonchev–Trinajstić information content (AvgIpc) is 2.77. The van der Waals surface area contributed by atoms with Crippen LogP contribution in [0.15, 0.2) is 53.0 Å². The van der Waals surface area contributed by atoms with Crippen LogP contribution in [0.25, 0.3) is 0 Å². The fraction of sp³-hybridized carbons (Fsp3) is 0.500. The van der Waals surface area contributed by atoms with Crippen molar-refractivity contribution in [3.8, 4) is 0 Å². The molecule has 0 spiro atoms. The second kappa shape index (κ2) is 10.1. The Morgan fingerprint density at radius 3 is 2.27 bits per heavy atom. The molecule has 0 aliphatic carbocycles. The summed E-state index contributed by atoms with van der Waals surface area (Å²) in [7, 11) is 0. The van der Waals surface area contributed by atoms with Crippen molar-refractivity contribution in [1.82, 2.24) is 9.80 Å². The van der Waals surface area contributed by atoms with Gasteiger partial charge in [0.05, 0.1) is 6.42 Å². The van der Waals surface area contributed by atoms with Crippen LogP contribution in [0.3, 0.4) is 0 Å². The second-order valence-electron chi connectivity index (χ2n) is 9.03. The Bertz CT molecular complexity index is 834. The first-order valence-corrected chi connectivity index (χ1v) is 12.2. The highest BCUT2D eigenvalue weighted by atomic mass is 79.9. The number of benzene rings is 2. The Morgan fingerprint density at radius 2 is 1.60 bits per heavy atom. The van der Waals surface area contributed by atoms with E-state index in [-0.39, 0.29) is 5.91 Å². The lowest BCUT2D eigenvalue weighted by atomic mass is 9.88. The minimum Gasteiger partial charge on any atom is -0.342 e. The van der Waals surface area contributed by atoms with E-state index in [4.69, 9.17) is 0 Å². The van der Waals surface area contributed by atoms with E-state index in [0.717, 1.165) is 41.9 Å². The van der Waals surface area contributed by atoms with Gasteiger partial charge in [0, 0.05) is 23.6 Å². The van der Waals surface area contributed by atoms with Crippen molar-refractivity contribution in [3.63, 3.8) is 0 Å². The van der Waals surface area contributed by atoms with Crippen molar-refractivity contribution >= 4 is 21.8 Å². The number of halogens is 1. The molecule has 2 aromatic carbocycles. The van der Waals surface area contributed by atoms with Crippen molar-refractivity contribution < 1.29 is 4.79 Å². The fourth-order valence-electron chi connectivity index (χ4n) is 5.04. The topological polar surface area (TPSA) is 23.6 Å². The standard InChI is InChI=1S/C26H33BrN2O/c1-20-4-2-3-5-23(20)19-26(30)29-16-12-25(13-17-29)28-14-10-22(11-15-28)18-21-6-8-24(27)9-7-21/h2-9,22,25H,10-19H2,1H3. The van der Waals surface area contributed by atoms with Crippen LogP contribution < -0.4 is 0 Å². The third-order valence-corrected chi connectivity index (χ3v) is 7.55. The molecule has 0 unspecified atom stereocenters. The van der Waals surface area contributed by atoms with E-state index in [1.54, 1.807) is 0 Å². The Morgan fingerprint density at radius 1 is 0.933 bits per heavy atom. The molecule has 2 aliphatic rings. The maximum absolute atomic E-state index is 12.7. The number of nitrogens with zero attached hydrogens (tertiary/aromatic N) is 2. The molecule has 0 saturated carbocycles. The number of likely N-dealkylation sites (tertiary alicyclic amines) is 2. The minimum atomic E-state index is 0.288. The molecular formula is C26H33BrN2O. The maximum atomic E-state index is 12.7. The van der Waals surface area contributed by atoms with Crippen molar-refractivity contribution in [2.24, 2.45) is 5.92 Å². The first kappa shape index (κ1) is 21.6. The van der Waals surface area contributed by atoms with Gasteiger partial charge in [-0.25, -0.2) is 0 Å². The number of carbonyl (C=O) groups excluding carboxylic acids is 1. The van der Waals surface area contributed by atoms with Gasteiger partial charge in [-0.1, -0.05) is 52.3 Å². The monoisotopic (exact) mass is 468 g/mol. The van der Waals surface area contributed by atoms with Crippen LogP contribution >= 0.6 is 15.9 Å². The molecule has 30 heavy (non-hydrogen) atoms. The van der Waals surface area contributed by atoms with Crippen LogP contribution in [0.5, 0.6) is 0 Å². The van der Waals surface area contributed by atoms with Crippen molar-refractivity contribution in [2.45, 2.75) is 51.5 Å². The van der Waals surface area contributed by atoms with Gasteiger partial charge in [0.2, 0.25) is 5.91 Å². The van der Waals surface area contributed by atoms with Crippen LogP contribution in [0, 0.1) is 12.8 Å². The summed E-state index contributed by atoms with van der Waals surface area (Å²) in [6.07, 6.45) is 6.57. The van der Waals surface area contributed by atoms with Crippen LogP contribution in [0.4, 0.5) is 0 Å². The Hall–Kier alpha value is -1.65. The van der Waals surface area contributed by atoms with Gasteiger partial charge < -0.3 is 9.80 Å². The summed E-state index contributed by atoms with van der Waals surface area (Å²) < 4.78 is 1.16. The lowest BCUT2D eigenvalue weighted by molar-refractivity contribution is -0.132. The highest BCUT2D eigenvalue weighted by Gasteiger charge is 2.29. The molecule has 0 atom stereocenters. The number of hydrogen-bond donors (Lipinski definition) is 0. The molecule has 2 heterocycles. The fourth-order valence-corrected chi connectivity index (χ4v) is 5.30. The van der Waals surface area contributed by atoms with Gasteiger partial charge in [-0.3, -0.25) is 4.79 Å². The quantitative estimate of drug-likeness (QED) is 0.598. The summed E-state index contributed by atoms with van der Waals surface area (Å²) >= 11 is 3.52. The van der Waals surface area contributed by atoms with Crippen LogP contribution in [0.2, 0.25) is 0 Å². The summed E-state index contributed by atoms with van der Waals surface area (Å²) in [4.78, 5) is 17.5. The summed E-state index contributed by atoms with van der Waals surface area (Å²) in [5, 5.41) is 0. The van der Waals surface area contributed by atoms with Crippen molar-refractivity contribution in [3.05, 3.63) is 69.7 Å². The lowest BCUT2D eigenvalue weighted by Gasteiger charge is -2.42. The molecule has 1 amide bonds. The molecule has 160 valence electrons. The predicted octanol–water partition coefficient (Wildman–Crippen LogP) is 5.25. The van der Waals surface area contributed by atoms with E-state index in [0.29, 0.717) is 12.5 Å². The zero-order valence-electron chi connectivity index (χ0n) is 18.0. The number of hydrogen-bond acceptors (Lipinski definition) is 2. The normalized spacial score (nSPS) is 19.2. The number of rotatable bonds is 5. The Balaban J connectivity index is 1.21. The van der Waals surface area contributed by atoms with E-state index >= 15 is 0 Å². The van der Waals surface area contributed by atoms with Crippen LogP contribution in [-0.2, 0) is 17.6 Å². The summed E-state index contributed by atoms with van der Waals surface area (Å²) in [5.41, 5.74) is 3.83. The van der Waals surface area contributed by atoms with E-state index in [2.05, 4.69) is 69.1 Å². The van der Waals surface area contributed by atoms with E-state index in [1.165, 1.54) is 43.5 Å². The molecule has 0 bridgehead atoms. The molecule has 4 heteroatoms. The molecule has 2 aromatic rings. The van der Waals surface area contributed by atoms with Crippen molar-refractivity contribution in [2.75, 3.05) is 26.2 Å². The summed E-state index contributed by atoms with van der Waals surface area (Å²) in [6, 6.07) is 17.7. The molecule has 0 aromatic heterocycles. The molecule has 0 radical (unpaired) electrons. The third-order valence-electron chi connectivity index (χ3n) is 7.02. The van der Waals surface area contributed by atoms with Gasteiger partial charge in [-0.15, -0.1) is 0 Å². The van der Waals surface area contributed by atoms with Crippen LogP contribution in [-0.4, -0.2) is 47.9 Å². The predicted molar refractivity (Wildman–Crippen MR) is 127 cm³/mol. The smallest absolute Gasteiger partial charge is 0.227 e. The zero-order valence-corrected chi connectivity index (χ0v) is 19.6. The third kappa shape index (κ3) is 5.53. The largest absolute Gasteiger partial charge is 0.342 e. The van der Waals surface area contributed by atoms with Gasteiger partial charge in [0.25, 0.3) is 0 Å². The van der Waals surface area contributed by atoms with E-state index < -0.39 is 0 Å². The molecule has 2 aliphatic heterocycles. The first-order chi connectivity index (χ1) is 14.6. The average molecular weight is 469 g/mol. The molecule has 4 rings (SSSR count). The van der Waals surface area contributed by atoms with Gasteiger partial charge in [-0.05, 0) is 86.9 Å². The minimum absolute atomic E-state index is 0.288. The molecule has 2 fully saturated rings. The number of piperidine rings is 2. The maximum Gasteiger partial charge on any atom is 0.227 e. The molecule has 3 nitrogen and oxygen atoms in total. The number of amides is 1. The van der Waals surface area contributed by atoms with Crippen LogP contribution in [0.1, 0.15) is 42.4 Å². The van der Waals surface area contributed by atoms with E-state index in [9.17, 15) is 4.79 Å². The summed E-state index contributed by atoms with van der Waals surface area (Å²) in [5.74, 6) is 1.09. The first-order valence-electron chi connectivity index (χ1n) is 11.4. The Kier molecular flexibility index (Phi) is 7.27. The zero-order chi connectivity index (χ0) is 20.9. The van der Waals surface area contributed by atoms with Gasteiger partial charge in [-0.2, -0.15) is 0 Å². The SMILES string of the molecule is Cc1ccccc1CC(=O)N1CCC(N2CCC(Cc3ccc(Br)cc3)CC2)CC1. The van der Waals surface area contributed by atoms with Gasteiger partial charge >= 0.3 is 0 Å². The highest BCUT2D eigenvalue weighted by Crippen LogP contribution is 2.27. The molecule has 2 saturated heterocycles. The highest BCUT2D eigenvalue weighted by molar-refractivity contribution is 9.10. The van der Waals surface area contributed by atoms with Crippen molar-refractivity contribution in [1.29, 1.82) is 0 Å². The van der Waals surface area contributed by atoms with Gasteiger partial charge in [0.15, 0.2) is 0 Å².